The lowest BCUT2D eigenvalue weighted by Crippen LogP contribution is -2.16. The van der Waals surface area contributed by atoms with Gasteiger partial charge in [-0.2, -0.15) is 0 Å². The zero-order chi connectivity index (χ0) is 23.7. The Morgan fingerprint density at radius 1 is 0.688 bits per heavy atom. The Morgan fingerprint density at radius 2 is 1.03 bits per heavy atom. The molecule has 2 amide bonds. The molecule has 174 valence electrons. The highest BCUT2D eigenvalue weighted by atomic mass is 79.9. The lowest BCUT2D eigenvalue weighted by molar-refractivity contribution is -0.114. The van der Waals surface area contributed by atoms with E-state index in [-0.39, 0.29) is 23.3 Å². The van der Waals surface area contributed by atoms with Crippen molar-refractivity contribution in [3.8, 4) is 23.0 Å². The Kier molecular flexibility index (Phi) is 10.8. The first-order valence-corrected chi connectivity index (χ1v) is 13.1. The second-order valence-corrected chi connectivity index (χ2v) is 10.2. The summed E-state index contributed by atoms with van der Waals surface area (Å²) in [6.45, 7) is 0. The summed E-state index contributed by atoms with van der Waals surface area (Å²) in [5.74, 6) is 1.97. The summed E-state index contributed by atoms with van der Waals surface area (Å²) in [5.41, 5.74) is 0.995. The highest BCUT2D eigenvalue weighted by molar-refractivity contribution is 9.11. The van der Waals surface area contributed by atoms with Crippen molar-refractivity contribution in [1.29, 1.82) is 0 Å². The lowest BCUT2D eigenvalue weighted by atomic mass is 10.2. The Hall–Kier alpha value is -1.76. The van der Waals surface area contributed by atoms with Gasteiger partial charge in [-0.25, -0.2) is 0 Å². The van der Waals surface area contributed by atoms with Gasteiger partial charge < -0.3 is 29.6 Å². The molecule has 2 rings (SSSR count). The maximum Gasteiger partial charge on any atom is 0.235 e. The zero-order valence-electron chi connectivity index (χ0n) is 17.7. The second kappa shape index (κ2) is 13.1. The molecule has 0 spiro atoms. The van der Waals surface area contributed by atoms with Gasteiger partial charge in [0.05, 0.1) is 60.3 Å². The fourth-order valence-corrected chi connectivity index (χ4v) is 5.12. The Labute approximate surface area is 211 Å². The summed E-state index contributed by atoms with van der Waals surface area (Å²) in [6.07, 6.45) is 0. The maximum atomic E-state index is 12.3. The third kappa shape index (κ3) is 7.39. The number of benzene rings is 2. The standard InChI is InChI=1S/C20H22Br2N2O6S2/c1-27-15-7-13(17(29-3)5-11(15)21)23-19(25)9-31-32-10-20(26)24-14-8-16(28-2)12(22)6-18(14)30-4/h5-8H,9-10H2,1-4H3,(H,23,25)(H,24,26). The van der Waals surface area contributed by atoms with Crippen LogP contribution in [-0.2, 0) is 9.59 Å². The van der Waals surface area contributed by atoms with E-state index in [0.29, 0.717) is 43.3 Å². The summed E-state index contributed by atoms with van der Waals surface area (Å²) in [4.78, 5) is 24.6. The van der Waals surface area contributed by atoms with Gasteiger partial charge in [-0.15, -0.1) is 0 Å². The van der Waals surface area contributed by atoms with Crippen LogP contribution in [0.3, 0.4) is 0 Å². The Balaban J connectivity index is 1.85. The van der Waals surface area contributed by atoms with Crippen molar-refractivity contribution in [2.75, 3.05) is 50.6 Å². The smallest absolute Gasteiger partial charge is 0.235 e. The number of rotatable bonds is 11. The molecule has 0 saturated heterocycles. The van der Waals surface area contributed by atoms with E-state index in [9.17, 15) is 9.59 Å². The van der Waals surface area contributed by atoms with Crippen LogP contribution >= 0.6 is 53.4 Å². The number of amides is 2. The van der Waals surface area contributed by atoms with E-state index in [4.69, 9.17) is 18.9 Å². The number of hydrogen-bond donors (Lipinski definition) is 2. The topological polar surface area (TPSA) is 95.1 Å². The number of halogens is 2. The average molecular weight is 610 g/mol. The van der Waals surface area contributed by atoms with Crippen LogP contribution in [0, 0.1) is 0 Å². The van der Waals surface area contributed by atoms with Gasteiger partial charge in [0.1, 0.15) is 23.0 Å². The number of hydrogen-bond acceptors (Lipinski definition) is 8. The molecule has 0 unspecified atom stereocenters. The summed E-state index contributed by atoms with van der Waals surface area (Å²) in [7, 11) is 8.64. The van der Waals surface area contributed by atoms with Crippen molar-refractivity contribution in [1.82, 2.24) is 0 Å². The first-order chi connectivity index (χ1) is 15.3. The molecule has 0 bridgehead atoms. The van der Waals surface area contributed by atoms with Gasteiger partial charge in [0.15, 0.2) is 0 Å². The van der Waals surface area contributed by atoms with Gasteiger partial charge in [0.2, 0.25) is 11.8 Å². The number of carbonyl (C=O) groups is 2. The summed E-state index contributed by atoms with van der Waals surface area (Å²) >= 11 is 6.75. The van der Waals surface area contributed by atoms with Crippen molar-refractivity contribution >= 4 is 76.6 Å². The molecule has 0 aliphatic carbocycles. The summed E-state index contributed by atoms with van der Waals surface area (Å²) in [6, 6.07) is 6.77. The number of methoxy groups -OCH3 is 4. The van der Waals surface area contributed by atoms with Gasteiger partial charge in [0.25, 0.3) is 0 Å². The molecule has 0 heterocycles. The normalized spacial score (nSPS) is 10.3. The molecule has 0 fully saturated rings. The molecule has 32 heavy (non-hydrogen) atoms. The van der Waals surface area contributed by atoms with E-state index in [1.54, 1.807) is 24.3 Å². The van der Waals surface area contributed by atoms with E-state index in [1.165, 1.54) is 50.0 Å². The van der Waals surface area contributed by atoms with E-state index in [0.717, 1.165) is 0 Å². The van der Waals surface area contributed by atoms with Crippen LogP contribution in [0.15, 0.2) is 33.2 Å². The highest BCUT2D eigenvalue weighted by Crippen LogP contribution is 2.37. The van der Waals surface area contributed by atoms with Crippen LogP contribution in [-0.4, -0.2) is 51.8 Å². The molecular weight excluding hydrogens is 588 g/mol. The first kappa shape index (κ1) is 26.5. The van der Waals surface area contributed by atoms with Gasteiger partial charge >= 0.3 is 0 Å². The number of anilines is 2. The third-order valence-corrected chi connectivity index (χ3v) is 7.33. The summed E-state index contributed by atoms with van der Waals surface area (Å²) < 4.78 is 22.5. The maximum absolute atomic E-state index is 12.3. The molecule has 0 atom stereocenters. The molecular formula is C20H22Br2N2O6S2. The van der Waals surface area contributed by atoms with Crippen molar-refractivity contribution in [3.63, 3.8) is 0 Å². The largest absolute Gasteiger partial charge is 0.495 e. The number of ether oxygens (including phenoxy) is 4. The minimum absolute atomic E-state index is 0.148. The molecule has 0 radical (unpaired) electrons. The molecule has 0 aliphatic heterocycles. The van der Waals surface area contributed by atoms with E-state index in [1.807, 2.05) is 0 Å². The minimum Gasteiger partial charge on any atom is -0.495 e. The average Bonchev–Trinajstić information content (AvgIpc) is 2.78. The number of nitrogens with one attached hydrogen (secondary N) is 2. The third-order valence-electron chi connectivity index (χ3n) is 3.96. The molecule has 12 heteroatoms. The zero-order valence-corrected chi connectivity index (χ0v) is 22.6. The second-order valence-electron chi connectivity index (χ2n) is 5.99. The van der Waals surface area contributed by atoms with Crippen molar-refractivity contribution in [2.45, 2.75) is 0 Å². The van der Waals surface area contributed by atoms with E-state index >= 15 is 0 Å². The molecule has 8 nitrogen and oxygen atoms in total. The molecule has 2 aromatic rings. The van der Waals surface area contributed by atoms with Crippen LogP contribution in [0.5, 0.6) is 23.0 Å². The fraction of sp³-hybridized carbons (Fsp3) is 0.300. The van der Waals surface area contributed by atoms with Gasteiger partial charge in [-0.05, 0) is 31.9 Å². The van der Waals surface area contributed by atoms with Crippen molar-refractivity contribution in [3.05, 3.63) is 33.2 Å². The SMILES string of the molecule is COc1cc(NC(=O)CSSCC(=O)Nc2cc(OC)c(Br)cc2OC)c(OC)cc1Br. The van der Waals surface area contributed by atoms with Crippen LogP contribution in [0.1, 0.15) is 0 Å². The molecule has 0 aromatic heterocycles. The van der Waals surface area contributed by atoms with Gasteiger partial charge in [-0.1, -0.05) is 21.6 Å². The minimum atomic E-state index is -0.232. The molecule has 2 N–H and O–H groups in total. The molecule has 2 aromatic carbocycles. The van der Waals surface area contributed by atoms with Crippen LogP contribution in [0.25, 0.3) is 0 Å². The fourth-order valence-electron chi connectivity index (χ4n) is 2.48. The predicted molar refractivity (Wildman–Crippen MR) is 137 cm³/mol. The Morgan fingerprint density at radius 3 is 1.34 bits per heavy atom. The van der Waals surface area contributed by atoms with E-state index in [2.05, 4.69) is 42.5 Å². The predicted octanol–water partition coefficient (Wildman–Crippen LogP) is 5.20. The summed E-state index contributed by atoms with van der Waals surface area (Å²) in [5, 5.41) is 5.58. The van der Waals surface area contributed by atoms with Crippen LogP contribution in [0.2, 0.25) is 0 Å². The monoisotopic (exact) mass is 608 g/mol. The quantitative estimate of drug-likeness (QED) is 0.265. The Bertz CT molecular complexity index is 900. The van der Waals surface area contributed by atoms with E-state index < -0.39 is 0 Å². The van der Waals surface area contributed by atoms with Gasteiger partial charge in [0, 0.05) is 24.3 Å². The highest BCUT2D eigenvalue weighted by Gasteiger charge is 2.14. The van der Waals surface area contributed by atoms with Crippen molar-refractivity contribution < 1.29 is 28.5 Å². The number of carbonyl (C=O) groups excluding carboxylic acids is 2. The van der Waals surface area contributed by atoms with Crippen LogP contribution in [0.4, 0.5) is 11.4 Å². The van der Waals surface area contributed by atoms with Crippen molar-refractivity contribution in [2.24, 2.45) is 0 Å². The van der Waals surface area contributed by atoms with Gasteiger partial charge in [-0.3, -0.25) is 9.59 Å². The van der Waals surface area contributed by atoms with Crippen LogP contribution < -0.4 is 29.6 Å². The molecule has 0 saturated carbocycles. The first-order valence-electron chi connectivity index (χ1n) is 9.00. The molecule has 0 aliphatic rings. The lowest BCUT2D eigenvalue weighted by Gasteiger charge is -2.13.